The predicted molar refractivity (Wildman–Crippen MR) is 80.2 cm³/mol. The van der Waals surface area contributed by atoms with E-state index in [-0.39, 0.29) is 11.4 Å². The summed E-state index contributed by atoms with van der Waals surface area (Å²) in [6.45, 7) is 0. The van der Waals surface area contributed by atoms with Gasteiger partial charge in [0.2, 0.25) is 0 Å². The van der Waals surface area contributed by atoms with Gasteiger partial charge in [-0.15, -0.1) is 0 Å². The fourth-order valence-corrected chi connectivity index (χ4v) is 2.37. The average Bonchev–Trinajstić information content (AvgIpc) is 3.00. The third-order valence-corrected chi connectivity index (χ3v) is 3.52. The Bertz CT molecular complexity index is 687. The lowest BCUT2D eigenvalue weighted by Crippen LogP contribution is -2.21. The fourth-order valence-electron chi connectivity index (χ4n) is 2.37. The molecule has 2 rings (SSSR count). The van der Waals surface area contributed by atoms with Crippen LogP contribution in [0.4, 0.5) is 17.1 Å². The molecule has 23 heavy (non-hydrogen) atoms. The number of benzene rings is 1. The maximum atomic E-state index is 11.6. The summed E-state index contributed by atoms with van der Waals surface area (Å²) in [5, 5.41) is 25.8. The predicted octanol–water partition coefficient (Wildman–Crippen LogP) is 2.24. The molecule has 1 fully saturated rings. The largest absolute Gasteiger partial charge is 0.469 e. The van der Waals surface area contributed by atoms with Crippen molar-refractivity contribution in [2.24, 2.45) is 11.0 Å². The lowest BCUT2D eigenvalue weighted by molar-refractivity contribution is -0.393. The maximum Gasteiger partial charge on any atom is 0.314 e. The number of methoxy groups -OCH3 is 1. The van der Waals surface area contributed by atoms with Crippen LogP contribution in [0.15, 0.2) is 23.3 Å². The van der Waals surface area contributed by atoms with E-state index in [0.29, 0.717) is 18.6 Å². The first-order chi connectivity index (χ1) is 10.9. The molecule has 0 radical (unpaired) electrons. The molecule has 1 aliphatic carbocycles. The molecular formula is C13H14N4O6. The number of rotatable bonds is 5. The second-order valence-corrected chi connectivity index (χ2v) is 4.90. The number of anilines is 1. The number of carbonyl (C=O) groups excluding carboxylic acids is 1. The van der Waals surface area contributed by atoms with Crippen LogP contribution < -0.4 is 5.43 Å². The molecule has 0 heterocycles. The van der Waals surface area contributed by atoms with Crippen molar-refractivity contribution >= 4 is 28.7 Å². The van der Waals surface area contributed by atoms with Gasteiger partial charge >= 0.3 is 11.7 Å². The molecule has 0 amide bonds. The van der Waals surface area contributed by atoms with Gasteiger partial charge in [-0.25, -0.2) is 0 Å². The van der Waals surface area contributed by atoms with Gasteiger partial charge in [-0.3, -0.25) is 30.4 Å². The Morgan fingerprint density at radius 3 is 2.70 bits per heavy atom. The van der Waals surface area contributed by atoms with E-state index in [1.165, 1.54) is 13.2 Å². The van der Waals surface area contributed by atoms with Crippen molar-refractivity contribution in [3.63, 3.8) is 0 Å². The Balaban J connectivity index is 2.26. The Morgan fingerprint density at radius 1 is 1.35 bits per heavy atom. The van der Waals surface area contributed by atoms with Gasteiger partial charge in [0, 0.05) is 6.07 Å². The third kappa shape index (κ3) is 3.59. The van der Waals surface area contributed by atoms with Crippen LogP contribution in [0, 0.1) is 26.1 Å². The molecule has 1 aromatic rings. The number of carbonyl (C=O) groups is 1. The number of nitro benzene ring substituents is 2. The first-order valence-corrected chi connectivity index (χ1v) is 6.77. The molecule has 0 saturated heterocycles. The van der Waals surface area contributed by atoms with E-state index >= 15 is 0 Å². The Labute approximate surface area is 130 Å². The summed E-state index contributed by atoms with van der Waals surface area (Å²) in [4.78, 5) is 31.9. The minimum atomic E-state index is -0.734. The van der Waals surface area contributed by atoms with Crippen LogP contribution in [0.1, 0.15) is 19.3 Å². The third-order valence-electron chi connectivity index (χ3n) is 3.52. The highest BCUT2D eigenvalue weighted by Gasteiger charge is 2.30. The Kier molecular flexibility index (Phi) is 4.84. The van der Waals surface area contributed by atoms with E-state index in [0.717, 1.165) is 18.6 Å². The quantitative estimate of drug-likeness (QED) is 0.498. The number of ether oxygens (including phenoxy) is 1. The van der Waals surface area contributed by atoms with Crippen LogP contribution in [0.3, 0.4) is 0 Å². The summed E-state index contributed by atoms with van der Waals surface area (Å²) in [7, 11) is 1.28. The van der Waals surface area contributed by atoms with Gasteiger partial charge in [0.15, 0.2) is 0 Å². The summed E-state index contributed by atoms with van der Waals surface area (Å²) in [5.41, 5.74) is 2.24. The molecule has 122 valence electrons. The van der Waals surface area contributed by atoms with Crippen molar-refractivity contribution in [3.8, 4) is 0 Å². The van der Waals surface area contributed by atoms with Crippen molar-refractivity contribution in [2.45, 2.75) is 19.3 Å². The Hall–Kier alpha value is -3.04. The SMILES string of the molecule is COC(=O)[C@H]1CCC/C1=N/Nc1ccc([N+](=O)[O-])cc1[N+](=O)[O-]. The summed E-state index contributed by atoms with van der Waals surface area (Å²) < 4.78 is 4.69. The second kappa shape index (κ2) is 6.81. The van der Waals surface area contributed by atoms with Gasteiger partial charge in [0.1, 0.15) is 5.69 Å². The van der Waals surface area contributed by atoms with Gasteiger partial charge in [-0.2, -0.15) is 5.10 Å². The molecule has 1 aliphatic rings. The fraction of sp³-hybridized carbons (Fsp3) is 0.385. The second-order valence-electron chi connectivity index (χ2n) is 4.90. The summed E-state index contributed by atoms with van der Waals surface area (Å²) >= 11 is 0. The zero-order valence-corrected chi connectivity index (χ0v) is 12.2. The first-order valence-electron chi connectivity index (χ1n) is 6.77. The minimum Gasteiger partial charge on any atom is -0.469 e. The van der Waals surface area contributed by atoms with Crippen LogP contribution in [0.2, 0.25) is 0 Å². The van der Waals surface area contributed by atoms with E-state index in [9.17, 15) is 25.0 Å². The number of nitro groups is 2. The number of hydrogen-bond acceptors (Lipinski definition) is 8. The molecule has 0 unspecified atom stereocenters. The monoisotopic (exact) mass is 322 g/mol. The summed E-state index contributed by atoms with van der Waals surface area (Å²) in [6, 6.07) is 3.21. The van der Waals surface area contributed by atoms with E-state index in [1.54, 1.807) is 0 Å². The zero-order valence-electron chi connectivity index (χ0n) is 12.2. The average molecular weight is 322 g/mol. The summed E-state index contributed by atoms with van der Waals surface area (Å²) in [5.74, 6) is -0.870. The molecule has 0 spiro atoms. The molecule has 1 saturated carbocycles. The lowest BCUT2D eigenvalue weighted by Gasteiger charge is -2.09. The normalized spacial score (nSPS) is 18.7. The number of non-ortho nitro benzene ring substituents is 1. The molecule has 10 nitrogen and oxygen atoms in total. The lowest BCUT2D eigenvalue weighted by atomic mass is 10.1. The van der Waals surface area contributed by atoms with Crippen LogP contribution in [0.25, 0.3) is 0 Å². The molecule has 1 N–H and O–H groups in total. The van der Waals surface area contributed by atoms with Gasteiger partial charge in [-0.05, 0) is 25.3 Å². The van der Waals surface area contributed by atoms with E-state index < -0.39 is 27.4 Å². The summed E-state index contributed by atoms with van der Waals surface area (Å²) in [6.07, 6.45) is 1.95. The number of nitrogens with zero attached hydrogens (tertiary/aromatic N) is 3. The van der Waals surface area contributed by atoms with Crippen molar-refractivity contribution in [1.29, 1.82) is 0 Å². The number of nitrogens with one attached hydrogen (secondary N) is 1. The van der Waals surface area contributed by atoms with Crippen molar-refractivity contribution < 1.29 is 19.4 Å². The molecule has 0 aliphatic heterocycles. The number of hydrazone groups is 1. The molecule has 0 aromatic heterocycles. The van der Waals surface area contributed by atoms with Crippen LogP contribution in [0.5, 0.6) is 0 Å². The highest BCUT2D eigenvalue weighted by molar-refractivity contribution is 6.03. The van der Waals surface area contributed by atoms with Crippen molar-refractivity contribution in [3.05, 3.63) is 38.4 Å². The first kappa shape index (κ1) is 16.3. The van der Waals surface area contributed by atoms with Crippen LogP contribution in [-0.4, -0.2) is 28.6 Å². The van der Waals surface area contributed by atoms with E-state index in [2.05, 4.69) is 15.3 Å². The number of esters is 1. The molecule has 0 bridgehead atoms. The van der Waals surface area contributed by atoms with Crippen LogP contribution in [-0.2, 0) is 9.53 Å². The zero-order chi connectivity index (χ0) is 17.0. The van der Waals surface area contributed by atoms with Crippen molar-refractivity contribution in [2.75, 3.05) is 12.5 Å². The van der Waals surface area contributed by atoms with Gasteiger partial charge in [-0.1, -0.05) is 0 Å². The van der Waals surface area contributed by atoms with Gasteiger partial charge in [0.25, 0.3) is 5.69 Å². The molecule has 1 aromatic carbocycles. The minimum absolute atomic E-state index is 0.0172. The molecule has 10 heteroatoms. The Morgan fingerprint density at radius 2 is 2.09 bits per heavy atom. The molecular weight excluding hydrogens is 308 g/mol. The highest BCUT2D eigenvalue weighted by atomic mass is 16.6. The maximum absolute atomic E-state index is 11.6. The van der Waals surface area contributed by atoms with Gasteiger partial charge in [0.05, 0.1) is 34.7 Å². The smallest absolute Gasteiger partial charge is 0.314 e. The van der Waals surface area contributed by atoms with Crippen LogP contribution >= 0.6 is 0 Å². The van der Waals surface area contributed by atoms with Crippen molar-refractivity contribution in [1.82, 2.24) is 0 Å². The molecule has 1 atom stereocenters. The standard InChI is InChI=1S/C13H14N4O6/c1-23-13(18)9-3-2-4-10(9)14-15-11-6-5-8(16(19)20)7-12(11)17(21)22/h5-7,9,15H,2-4H2,1H3/b14-10-/t9-/m0/s1. The van der Waals surface area contributed by atoms with Gasteiger partial charge < -0.3 is 4.74 Å². The highest BCUT2D eigenvalue weighted by Crippen LogP contribution is 2.30. The van der Waals surface area contributed by atoms with E-state index in [1.807, 2.05) is 0 Å². The number of hydrogen-bond donors (Lipinski definition) is 1. The topological polar surface area (TPSA) is 137 Å². The van der Waals surface area contributed by atoms with E-state index in [4.69, 9.17) is 0 Å².